The van der Waals surface area contributed by atoms with Crippen LogP contribution in [0.5, 0.6) is 5.88 Å². The van der Waals surface area contributed by atoms with E-state index < -0.39 is 10.6 Å². The maximum Gasteiger partial charge on any atom is 0.258 e. The molecule has 1 aromatic heterocycles. The van der Waals surface area contributed by atoms with Crippen LogP contribution in [0.3, 0.4) is 0 Å². The maximum atomic E-state index is 12.4. The molecular formula is C25H29N2O3SSi. The summed E-state index contributed by atoms with van der Waals surface area (Å²) >= 11 is 1.39. The summed E-state index contributed by atoms with van der Waals surface area (Å²) in [6.07, 6.45) is 0.926. The van der Waals surface area contributed by atoms with Gasteiger partial charge < -0.3 is 14.8 Å². The Morgan fingerprint density at radius 3 is 2.09 bits per heavy atom. The third kappa shape index (κ3) is 5.17. The monoisotopic (exact) mass is 465 g/mol. The highest BCUT2D eigenvalue weighted by Crippen LogP contribution is 2.51. The number of aromatic hydroxyl groups is 1. The number of benzene rings is 2. The van der Waals surface area contributed by atoms with Crippen molar-refractivity contribution in [2.45, 2.75) is 49.4 Å². The second-order valence-corrected chi connectivity index (χ2v) is 10.6. The summed E-state index contributed by atoms with van der Waals surface area (Å²) in [5, 5.41) is 10.2. The Kier molecular flexibility index (Phi) is 7.98. The fraction of sp³-hybridized carbons (Fsp3) is 0.360. The van der Waals surface area contributed by atoms with E-state index >= 15 is 0 Å². The SMILES string of the molecule is CCSc1nc(O)c(CCCOC(c2ccccc2)(c2ccccc2)C(C)(C)[Si])c(=O)[nH]1. The van der Waals surface area contributed by atoms with Gasteiger partial charge in [0.05, 0.1) is 5.56 Å². The summed E-state index contributed by atoms with van der Waals surface area (Å²) in [6, 6.07) is 20.3. The van der Waals surface area contributed by atoms with Gasteiger partial charge in [0.15, 0.2) is 5.16 Å². The van der Waals surface area contributed by atoms with Crippen molar-refractivity contribution < 1.29 is 9.84 Å². The minimum absolute atomic E-state index is 0.206. The van der Waals surface area contributed by atoms with Crippen molar-refractivity contribution in [3.8, 4) is 5.88 Å². The number of thioether (sulfide) groups is 1. The van der Waals surface area contributed by atoms with Gasteiger partial charge in [-0.15, -0.1) is 0 Å². The van der Waals surface area contributed by atoms with Gasteiger partial charge in [0.25, 0.3) is 5.56 Å². The first-order valence-corrected chi connectivity index (χ1v) is 12.2. The van der Waals surface area contributed by atoms with Crippen LogP contribution in [0.2, 0.25) is 5.04 Å². The van der Waals surface area contributed by atoms with Gasteiger partial charge in [0.1, 0.15) is 5.60 Å². The average molecular weight is 466 g/mol. The standard InChI is InChI=1S/C25H29N2O3SSi/c1-4-31-23-26-21(28)20(22(29)27-23)16-11-17-30-25(24(2,3)32,18-12-7-5-8-13-18)19-14-9-6-10-15-19/h5-10,12-15H,4,11,16-17H2,1-3H3,(H2,26,27,28,29). The first-order valence-electron chi connectivity index (χ1n) is 10.7. The molecule has 3 aromatic rings. The smallest absolute Gasteiger partial charge is 0.258 e. The molecule has 0 saturated heterocycles. The minimum atomic E-state index is -0.749. The number of hydrogen-bond acceptors (Lipinski definition) is 5. The van der Waals surface area contributed by atoms with Crippen molar-refractivity contribution in [1.82, 2.24) is 9.97 Å². The summed E-state index contributed by atoms with van der Waals surface area (Å²) in [6.45, 7) is 6.54. The van der Waals surface area contributed by atoms with Crippen LogP contribution in [-0.4, -0.2) is 37.7 Å². The Morgan fingerprint density at radius 1 is 1.06 bits per heavy atom. The zero-order valence-corrected chi connectivity index (χ0v) is 20.5. The van der Waals surface area contributed by atoms with Crippen LogP contribution in [0.15, 0.2) is 70.6 Å². The van der Waals surface area contributed by atoms with Gasteiger partial charge in [0, 0.05) is 16.8 Å². The van der Waals surface area contributed by atoms with Crippen LogP contribution in [0.1, 0.15) is 43.9 Å². The normalized spacial score (nSPS) is 12.1. The summed E-state index contributed by atoms with van der Waals surface area (Å²) in [7, 11) is 3.95. The number of aromatic amines is 1. The molecule has 0 spiro atoms. The van der Waals surface area contributed by atoms with Crippen molar-refractivity contribution in [2.75, 3.05) is 12.4 Å². The van der Waals surface area contributed by atoms with Crippen LogP contribution >= 0.6 is 11.8 Å². The van der Waals surface area contributed by atoms with Crippen molar-refractivity contribution >= 4 is 22.0 Å². The molecule has 3 radical (unpaired) electrons. The van der Waals surface area contributed by atoms with Crippen molar-refractivity contribution in [2.24, 2.45) is 0 Å². The molecule has 167 valence electrons. The lowest BCUT2D eigenvalue weighted by Crippen LogP contribution is -2.42. The number of rotatable bonds is 10. The second kappa shape index (κ2) is 10.5. The highest BCUT2D eigenvalue weighted by Gasteiger charge is 2.46. The van der Waals surface area contributed by atoms with Crippen molar-refractivity contribution in [3.05, 3.63) is 87.7 Å². The van der Waals surface area contributed by atoms with Crippen molar-refractivity contribution in [3.63, 3.8) is 0 Å². The number of H-pyrrole nitrogens is 1. The van der Waals surface area contributed by atoms with E-state index in [1.165, 1.54) is 11.8 Å². The highest BCUT2D eigenvalue weighted by molar-refractivity contribution is 7.99. The molecule has 32 heavy (non-hydrogen) atoms. The molecule has 2 aromatic carbocycles. The van der Waals surface area contributed by atoms with E-state index in [0.29, 0.717) is 24.6 Å². The van der Waals surface area contributed by atoms with Crippen LogP contribution in [0.25, 0.3) is 0 Å². The van der Waals surface area contributed by atoms with E-state index in [1.807, 2.05) is 43.3 Å². The number of hydrogen-bond donors (Lipinski definition) is 2. The Labute approximate surface area is 197 Å². The number of ether oxygens (including phenoxy) is 1. The number of nitrogens with zero attached hydrogens (tertiary/aromatic N) is 1. The lowest BCUT2D eigenvalue weighted by Gasteiger charge is -2.45. The molecule has 0 aliphatic carbocycles. The largest absolute Gasteiger partial charge is 0.493 e. The maximum absolute atomic E-state index is 12.4. The Balaban J connectivity index is 1.86. The summed E-state index contributed by atoms with van der Waals surface area (Å²) in [5.74, 6) is 0.557. The third-order valence-corrected chi connectivity index (χ3v) is 6.49. The Bertz CT molecular complexity index is 1030. The van der Waals surface area contributed by atoms with E-state index in [2.05, 4.69) is 58.3 Å². The van der Waals surface area contributed by atoms with Gasteiger partial charge in [-0.3, -0.25) is 4.79 Å². The number of nitrogens with one attached hydrogen (secondary N) is 1. The zero-order chi connectivity index (χ0) is 23.2. The average Bonchev–Trinajstić information content (AvgIpc) is 2.76. The molecular weight excluding hydrogens is 436 g/mol. The molecule has 0 fully saturated rings. The van der Waals surface area contributed by atoms with E-state index in [-0.39, 0.29) is 17.0 Å². The van der Waals surface area contributed by atoms with Gasteiger partial charge in [0.2, 0.25) is 5.88 Å². The Morgan fingerprint density at radius 2 is 1.62 bits per heavy atom. The van der Waals surface area contributed by atoms with Crippen LogP contribution in [0.4, 0.5) is 0 Å². The molecule has 0 aliphatic rings. The minimum Gasteiger partial charge on any atom is -0.493 e. The molecule has 0 saturated carbocycles. The first kappa shape index (κ1) is 24.3. The van der Waals surface area contributed by atoms with Gasteiger partial charge in [-0.05, 0) is 34.8 Å². The molecule has 7 heteroatoms. The highest BCUT2D eigenvalue weighted by atomic mass is 32.2. The lowest BCUT2D eigenvalue weighted by molar-refractivity contribution is -0.0462. The van der Waals surface area contributed by atoms with Gasteiger partial charge in [-0.25, -0.2) is 0 Å². The van der Waals surface area contributed by atoms with Gasteiger partial charge >= 0.3 is 0 Å². The van der Waals surface area contributed by atoms with Crippen LogP contribution < -0.4 is 5.56 Å². The lowest BCUT2D eigenvalue weighted by atomic mass is 9.76. The molecule has 5 nitrogen and oxygen atoms in total. The van der Waals surface area contributed by atoms with Crippen molar-refractivity contribution in [1.29, 1.82) is 0 Å². The van der Waals surface area contributed by atoms with Crippen LogP contribution in [-0.2, 0) is 16.8 Å². The summed E-state index contributed by atoms with van der Waals surface area (Å²) in [4.78, 5) is 19.2. The van der Waals surface area contributed by atoms with E-state index in [4.69, 9.17) is 4.74 Å². The van der Waals surface area contributed by atoms with Gasteiger partial charge in [-0.2, -0.15) is 4.98 Å². The predicted molar refractivity (Wildman–Crippen MR) is 131 cm³/mol. The molecule has 0 aliphatic heterocycles. The topological polar surface area (TPSA) is 75.2 Å². The zero-order valence-electron chi connectivity index (χ0n) is 18.7. The van der Waals surface area contributed by atoms with Gasteiger partial charge in [-0.1, -0.05) is 93.2 Å². The fourth-order valence-corrected chi connectivity index (χ4v) is 4.90. The molecule has 0 bridgehead atoms. The first-order chi connectivity index (χ1) is 15.3. The molecule has 0 unspecified atom stereocenters. The summed E-state index contributed by atoms with van der Waals surface area (Å²) in [5.41, 5.74) is 1.31. The molecule has 1 heterocycles. The molecule has 2 N–H and O–H groups in total. The van der Waals surface area contributed by atoms with E-state index in [1.54, 1.807) is 0 Å². The second-order valence-electron chi connectivity index (χ2n) is 8.10. The summed E-state index contributed by atoms with van der Waals surface area (Å²) < 4.78 is 6.66. The molecule has 0 amide bonds. The van der Waals surface area contributed by atoms with E-state index in [9.17, 15) is 9.90 Å². The van der Waals surface area contributed by atoms with E-state index in [0.717, 1.165) is 16.9 Å². The van der Waals surface area contributed by atoms with Crippen LogP contribution in [0, 0.1) is 0 Å². The number of aromatic nitrogens is 2. The molecule has 3 rings (SSSR count). The Hall–Kier alpha value is -2.35. The predicted octanol–water partition coefficient (Wildman–Crippen LogP) is 4.85. The molecule has 0 atom stereocenters. The quantitative estimate of drug-likeness (QED) is 0.194. The third-order valence-electron chi connectivity index (χ3n) is 5.38. The fourth-order valence-electron chi connectivity index (χ4n) is 3.95.